The number of aryl methyl sites for hydroxylation is 2. The number of amides is 1. The first-order valence-corrected chi connectivity index (χ1v) is 6.23. The molecule has 0 fully saturated rings. The van der Waals surface area contributed by atoms with Crippen LogP contribution in [0.4, 0.5) is 5.69 Å². The third kappa shape index (κ3) is 2.92. The Balaban J connectivity index is 2.19. The van der Waals surface area contributed by atoms with Gasteiger partial charge in [0.15, 0.2) is 0 Å². The highest BCUT2D eigenvalue weighted by molar-refractivity contribution is 9.10. The van der Waals surface area contributed by atoms with Crippen LogP contribution in [0.25, 0.3) is 0 Å². The van der Waals surface area contributed by atoms with E-state index < -0.39 is 0 Å². The monoisotopic (exact) mass is 305 g/mol. The van der Waals surface area contributed by atoms with E-state index in [9.17, 15) is 4.79 Å². The molecule has 1 N–H and O–H groups in total. The molecule has 1 heterocycles. The van der Waals surface area contributed by atoms with Crippen LogP contribution in [0.2, 0.25) is 0 Å². The topological polar surface area (TPSA) is 54.9 Å². The van der Waals surface area contributed by atoms with Gasteiger partial charge >= 0.3 is 0 Å². The van der Waals surface area contributed by atoms with E-state index in [0.717, 1.165) is 10.2 Å². The normalized spacial score (nSPS) is 10.2. The third-order valence-corrected chi connectivity index (χ3v) is 2.98. The lowest BCUT2D eigenvalue weighted by atomic mass is 10.2. The molecule has 4 nitrogen and oxygen atoms in total. The van der Waals surface area contributed by atoms with Crippen LogP contribution in [0.15, 0.2) is 34.9 Å². The average molecular weight is 306 g/mol. The Bertz CT molecular complexity index is 581. The molecular weight excluding hydrogens is 294 g/mol. The molecule has 0 aliphatic carbocycles. The maximum absolute atomic E-state index is 12.0. The molecule has 2 rings (SSSR count). The molecule has 0 unspecified atom stereocenters. The number of anilines is 1. The Morgan fingerprint density at radius 2 is 1.89 bits per heavy atom. The fourth-order valence-electron chi connectivity index (χ4n) is 1.54. The van der Waals surface area contributed by atoms with E-state index >= 15 is 0 Å². The highest BCUT2D eigenvalue weighted by Crippen LogP contribution is 2.15. The minimum atomic E-state index is -0.199. The molecule has 1 aromatic heterocycles. The number of carbonyl (C=O) groups excluding carboxylic acids is 1. The summed E-state index contributed by atoms with van der Waals surface area (Å²) in [5.41, 5.74) is 1.91. The first-order valence-electron chi connectivity index (χ1n) is 5.43. The van der Waals surface area contributed by atoms with Crippen LogP contribution in [0.5, 0.6) is 0 Å². The fourth-order valence-corrected chi connectivity index (χ4v) is 1.80. The van der Waals surface area contributed by atoms with Crippen LogP contribution in [-0.4, -0.2) is 15.9 Å². The van der Waals surface area contributed by atoms with Gasteiger partial charge in [-0.1, -0.05) is 15.9 Å². The van der Waals surface area contributed by atoms with Gasteiger partial charge in [-0.25, -0.2) is 9.97 Å². The first kappa shape index (κ1) is 12.7. The highest BCUT2D eigenvalue weighted by Gasteiger charge is 2.10. The molecule has 0 aliphatic rings. The zero-order chi connectivity index (χ0) is 13.1. The average Bonchev–Trinajstić information content (AvgIpc) is 2.32. The molecule has 0 saturated heterocycles. The van der Waals surface area contributed by atoms with Gasteiger partial charge in [-0.2, -0.15) is 0 Å². The molecule has 0 spiro atoms. The number of hydrogen-bond donors (Lipinski definition) is 1. The Labute approximate surface area is 114 Å². The maximum atomic E-state index is 12.0. The molecule has 0 saturated carbocycles. The second-order valence-electron chi connectivity index (χ2n) is 3.88. The van der Waals surface area contributed by atoms with E-state index in [0.29, 0.717) is 17.1 Å². The second kappa shape index (κ2) is 5.27. The lowest BCUT2D eigenvalue weighted by Gasteiger charge is -2.07. The zero-order valence-electron chi connectivity index (χ0n) is 10.1. The Morgan fingerprint density at radius 1 is 1.22 bits per heavy atom. The van der Waals surface area contributed by atoms with Crippen molar-refractivity contribution in [2.45, 2.75) is 13.8 Å². The summed E-state index contributed by atoms with van der Waals surface area (Å²) in [6, 6.07) is 7.39. The Hall–Kier alpha value is -1.75. The predicted octanol–water partition coefficient (Wildman–Crippen LogP) is 3.11. The summed E-state index contributed by atoms with van der Waals surface area (Å²) in [5.74, 6) is 0.461. The van der Waals surface area contributed by atoms with Crippen molar-refractivity contribution in [2.24, 2.45) is 0 Å². The minimum absolute atomic E-state index is 0.199. The van der Waals surface area contributed by atoms with Crippen LogP contribution < -0.4 is 5.32 Å². The van der Waals surface area contributed by atoms with Crippen molar-refractivity contribution >= 4 is 27.5 Å². The van der Waals surface area contributed by atoms with Gasteiger partial charge in [-0.15, -0.1) is 0 Å². The largest absolute Gasteiger partial charge is 0.322 e. The van der Waals surface area contributed by atoms with Crippen LogP contribution in [-0.2, 0) is 0 Å². The number of carbonyl (C=O) groups is 1. The van der Waals surface area contributed by atoms with E-state index in [4.69, 9.17) is 0 Å². The summed E-state index contributed by atoms with van der Waals surface area (Å²) in [6.07, 6.45) is 1.55. The summed E-state index contributed by atoms with van der Waals surface area (Å²) >= 11 is 3.34. The second-order valence-corrected chi connectivity index (χ2v) is 4.79. The highest BCUT2D eigenvalue weighted by atomic mass is 79.9. The lowest BCUT2D eigenvalue weighted by Crippen LogP contribution is -2.15. The third-order valence-electron chi connectivity index (χ3n) is 2.45. The van der Waals surface area contributed by atoms with Crippen molar-refractivity contribution in [3.63, 3.8) is 0 Å². The van der Waals surface area contributed by atoms with E-state index in [1.807, 2.05) is 24.3 Å². The van der Waals surface area contributed by atoms with E-state index in [1.54, 1.807) is 20.0 Å². The van der Waals surface area contributed by atoms with E-state index in [2.05, 4.69) is 31.2 Å². The summed E-state index contributed by atoms with van der Waals surface area (Å²) < 4.78 is 0.968. The number of aromatic nitrogens is 2. The van der Waals surface area contributed by atoms with Crippen LogP contribution in [0, 0.1) is 13.8 Å². The molecule has 0 aliphatic heterocycles. The molecule has 5 heteroatoms. The van der Waals surface area contributed by atoms with Gasteiger partial charge in [0, 0.05) is 16.4 Å². The smallest absolute Gasteiger partial charge is 0.259 e. The van der Waals surface area contributed by atoms with Crippen molar-refractivity contribution in [3.05, 3.63) is 52.0 Å². The predicted molar refractivity (Wildman–Crippen MR) is 73.6 cm³/mol. The fraction of sp³-hybridized carbons (Fsp3) is 0.154. The number of benzene rings is 1. The first-order chi connectivity index (χ1) is 8.56. The quantitative estimate of drug-likeness (QED) is 0.927. The van der Waals surface area contributed by atoms with Gasteiger partial charge < -0.3 is 5.32 Å². The van der Waals surface area contributed by atoms with Crippen LogP contribution in [0.1, 0.15) is 21.9 Å². The van der Waals surface area contributed by atoms with E-state index in [-0.39, 0.29) is 5.91 Å². The molecule has 92 valence electrons. The van der Waals surface area contributed by atoms with Crippen LogP contribution >= 0.6 is 15.9 Å². The number of halogens is 1. The summed E-state index contributed by atoms with van der Waals surface area (Å²) in [7, 11) is 0. The molecule has 1 amide bonds. The van der Waals surface area contributed by atoms with Gasteiger partial charge in [-0.05, 0) is 38.1 Å². The molecule has 2 aromatic rings. The van der Waals surface area contributed by atoms with Crippen molar-refractivity contribution in [1.82, 2.24) is 9.97 Å². The minimum Gasteiger partial charge on any atom is -0.322 e. The Kier molecular flexibility index (Phi) is 3.72. The molecular formula is C13H12BrN3O. The zero-order valence-corrected chi connectivity index (χ0v) is 11.7. The summed E-state index contributed by atoms with van der Waals surface area (Å²) in [6.45, 7) is 3.59. The number of rotatable bonds is 2. The van der Waals surface area contributed by atoms with Gasteiger partial charge in [0.25, 0.3) is 5.91 Å². The standard InChI is InChI=1S/C13H12BrN3O/c1-8-12(7-15-9(2)16-8)13(18)17-11-5-3-10(14)4-6-11/h3-7H,1-2H3,(H,17,18). The summed E-state index contributed by atoms with van der Waals surface area (Å²) in [4.78, 5) is 20.2. The SMILES string of the molecule is Cc1ncc(C(=O)Nc2ccc(Br)cc2)c(C)n1. The lowest BCUT2D eigenvalue weighted by molar-refractivity contribution is 0.102. The van der Waals surface area contributed by atoms with Gasteiger partial charge in [0.1, 0.15) is 5.82 Å². The number of nitrogens with zero attached hydrogens (tertiary/aromatic N) is 2. The number of hydrogen-bond acceptors (Lipinski definition) is 3. The van der Waals surface area contributed by atoms with Crippen molar-refractivity contribution < 1.29 is 4.79 Å². The van der Waals surface area contributed by atoms with Gasteiger partial charge in [0.2, 0.25) is 0 Å². The van der Waals surface area contributed by atoms with Crippen molar-refractivity contribution in [2.75, 3.05) is 5.32 Å². The molecule has 0 atom stereocenters. The van der Waals surface area contributed by atoms with Crippen molar-refractivity contribution in [1.29, 1.82) is 0 Å². The maximum Gasteiger partial charge on any atom is 0.259 e. The van der Waals surface area contributed by atoms with Crippen LogP contribution in [0.3, 0.4) is 0 Å². The van der Waals surface area contributed by atoms with Gasteiger partial charge in [-0.3, -0.25) is 4.79 Å². The molecule has 1 aromatic carbocycles. The molecule has 0 bridgehead atoms. The number of nitrogens with one attached hydrogen (secondary N) is 1. The van der Waals surface area contributed by atoms with E-state index in [1.165, 1.54) is 0 Å². The Morgan fingerprint density at radius 3 is 2.50 bits per heavy atom. The summed E-state index contributed by atoms with van der Waals surface area (Å²) in [5, 5.41) is 2.81. The molecule has 0 radical (unpaired) electrons. The van der Waals surface area contributed by atoms with Crippen molar-refractivity contribution in [3.8, 4) is 0 Å². The van der Waals surface area contributed by atoms with Gasteiger partial charge in [0.05, 0.1) is 11.3 Å². The molecule has 18 heavy (non-hydrogen) atoms.